The van der Waals surface area contributed by atoms with Crippen molar-refractivity contribution in [3.05, 3.63) is 78.6 Å². The van der Waals surface area contributed by atoms with E-state index in [2.05, 4.69) is 15.6 Å². The first kappa shape index (κ1) is 16.1. The number of para-hydroxylation sites is 1. The summed E-state index contributed by atoms with van der Waals surface area (Å²) in [5, 5.41) is 6.19. The topological polar surface area (TPSA) is 63.2 Å². The van der Waals surface area contributed by atoms with Crippen LogP contribution in [0.15, 0.2) is 72.9 Å². The summed E-state index contributed by atoms with van der Waals surface area (Å²) in [6.45, 7) is 0. The second kappa shape index (κ2) is 7.27. The maximum absolute atomic E-state index is 11.9. The Morgan fingerprint density at radius 1 is 0.885 bits per heavy atom. The summed E-state index contributed by atoms with van der Waals surface area (Å²) >= 11 is 0. The number of carbonyl (C=O) groups excluding carboxylic acids is 1. The fourth-order valence-corrected chi connectivity index (χ4v) is 2.49. The van der Waals surface area contributed by atoms with Gasteiger partial charge in [0.05, 0.1) is 11.9 Å². The Hall–Kier alpha value is -3.34. The molecule has 0 bridgehead atoms. The molecule has 0 saturated heterocycles. The molecule has 1 aliphatic carbocycles. The molecule has 0 atom stereocenters. The van der Waals surface area contributed by atoms with Gasteiger partial charge in [0, 0.05) is 11.7 Å². The second-order valence-corrected chi connectivity index (χ2v) is 6.24. The standard InChI is InChI=1S/C21H19N3O2/c25-21(24-16-6-7-16)20-13-10-17(14-22-20)23-15-8-11-19(12-9-15)26-18-4-2-1-3-5-18/h1-5,8-14,16,23H,6-7H2,(H,24,25). The van der Waals surface area contributed by atoms with E-state index in [1.807, 2.05) is 60.7 Å². The highest BCUT2D eigenvalue weighted by Crippen LogP contribution is 2.24. The number of nitrogens with zero attached hydrogens (tertiary/aromatic N) is 1. The number of nitrogens with one attached hydrogen (secondary N) is 2. The lowest BCUT2D eigenvalue weighted by Crippen LogP contribution is -2.26. The van der Waals surface area contributed by atoms with Crippen LogP contribution in [0.1, 0.15) is 23.3 Å². The average molecular weight is 345 g/mol. The third-order valence-electron chi connectivity index (χ3n) is 4.03. The molecule has 1 heterocycles. The molecule has 1 fully saturated rings. The van der Waals surface area contributed by atoms with E-state index in [4.69, 9.17) is 4.74 Å². The number of aromatic nitrogens is 1. The number of ether oxygens (including phenoxy) is 1. The van der Waals surface area contributed by atoms with Crippen LogP contribution < -0.4 is 15.4 Å². The molecule has 1 amide bonds. The fraction of sp³-hybridized carbons (Fsp3) is 0.143. The minimum absolute atomic E-state index is 0.110. The largest absolute Gasteiger partial charge is 0.457 e. The monoisotopic (exact) mass is 345 g/mol. The van der Waals surface area contributed by atoms with Crippen LogP contribution in [-0.4, -0.2) is 16.9 Å². The van der Waals surface area contributed by atoms with Gasteiger partial charge in [-0.15, -0.1) is 0 Å². The molecule has 26 heavy (non-hydrogen) atoms. The highest BCUT2D eigenvalue weighted by molar-refractivity contribution is 5.92. The fourth-order valence-electron chi connectivity index (χ4n) is 2.49. The van der Waals surface area contributed by atoms with Crippen LogP contribution in [0.3, 0.4) is 0 Å². The Kier molecular flexibility index (Phi) is 4.51. The third-order valence-corrected chi connectivity index (χ3v) is 4.03. The predicted octanol–water partition coefficient (Wildman–Crippen LogP) is 4.51. The minimum Gasteiger partial charge on any atom is -0.457 e. The lowest BCUT2D eigenvalue weighted by Gasteiger charge is -2.09. The summed E-state index contributed by atoms with van der Waals surface area (Å²) < 4.78 is 5.78. The van der Waals surface area contributed by atoms with Crippen LogP contribution in [0.5, 0.6) is 11.5 Å². The zero-order valence-corrected chi connectivity index (χ0v) is 14.2. The van der Waals surface area contributed by atoms with Gasteiger partial charge in [-0.2, -0.15) is 0 Å². The molecular weight excluding hydrogens is 326 g/mol. The van der Waals surface area contributed by atoms with Crippen molar-refractivity contribution in [2.24, 2.45) is 0 Å². The van der Waals surface area contributed by atoms with Gasteiger partial charge in [-0.1, -0.05) is 18.2 Å². The van der Waals surface area contributed by atoms with Gasteiger partial charge in [0.2, 0.25) is 0 Å². The van der Waals surface area contributed by atoms with Crippen LogP contribution in [-0.2, 0) is 0 Å². The Morgan fingerprint density at radius 3 is 2.23 bits per heavy atom. The number of hydrogen-bond donors (Lipinski definition) is 2. The molecule has 5 nitrogen and oxygen atoms in total. The molecule has 5 heteroatoms. The quantitative estimate of drug-likeness (QED) is 0.690. The zero-order chi connectivity index (χ0) is 17.8. The molecule has 1 aromatic heterocycles. The molecule has 4 rings (SSSR count). The highest BCUT2D eigenvalue weighted by Gasteiger charge is 2.24. The Balaban J connectivity index is 1.36. The van der Waals surface area contributed by atoms with Crippen molar-refractivity contribution >= 4 is 17.3 Å². The number of hydrogen-bond acceptors (Lipinski definition) is 4. The van der Waals surface area contributed by atoms with Gasteiger partial charge >= 0.3 is 0 Å². The van der Waals surface area contributed by atoms with E-state index in [0.29, 0.717) is 11.7 Å². The van der Waals surface area contributed by atoms with Crippen molar-refractivity contribution in [1.29, 1.82) is 0 Å². The van der Waals surface area contributed by atoms with Crippen molar-refractivity contribution in [3.63, 3.8) is 0 Å². The average Bonchev–Trinajstić information content (AvgIpc) is 3.49. The molecular formula is C21H19N3O2. The van der Waals surface area contributed by atoms with Gasteiger partial charge in [0.25, 0.3) is 5.91 Å². The molecule has 1 saturated carbocycles. The Labute approximate surface area is 152 Å². The molecule has 3 aromatic rings. The summed E-state index contributed by atoms with van der Waals surface area (Å²) in [5.41, 5.74) is 2.18. The van der Waals surface area contributed by atoms with E-state index in [0.717, 1.165) is 35.7 Å². The van der Waals surface area contributed by atoms with E-state index < -0.39 is 0 Å². The van der Waals surface area contributed by atoms with Crippen molar-refractivity contribution in [3.8, 4) is 11.5 Å². The van der Waals surface area contributed by atoms with Crippen LogP contribution in [0.2, 0.25) is 0 Å². The molecule has 0 unspecified atom stereocenters. The van der Waals surface area contributed by atoms with E-state index >= 15 is 0 Å². The first-order valence-electron chi connectivity index (χ1n) is 8.63. The Morgan fingerprint density at radius 2 is 1.58 bits per heavy atom. The van der Waals surface area contributed by atoms with Gasteiger partial charge < -0.3 is 15.4 Å². The lowest BCUT2D eigenvalue weighted by atomic mass is 10.2. The van der Waals surface area contributed by atoms with E-state index in [1.165, 1.54) is 0 Å². The summed E-state index contributed by atoms with van der Waals surface area (Å²) in [7, 11) is 0. The van der Waals surface area contributed by atoms with Gasteiger partial charge in [0.1, 0.15) is 17.2 Å². The molecule has 130 valence electrons. The molecule has 2 N–H and O–H groups in total. The lowest BCUT2D eigenvalue weighted by molar-refractivity contribution is 0.0946. The van der Waals surface area contributed by atoms with E-state index in [-0.39, 0.29) is 5.91 Å². The number of carbonyl (C=O) groups is 1. The van der Waals surface area contributed by atoms with Crippen molar-refractivity contribution in [2.75, 3.05) is 5.32 Å². The van der Waals surface area contributed by atoms with Crippen LogP contribution in [0.4, 0.5) is 11.4 Å². The first-order chi connectivity index (χ1) is 12.8. The van der Waals surface area contributed by atoms with Crippen molar-refractivity contribution in [2.45, 2.75) is 18.9 Å². The number of pyridine rings is 1. The van der Waals surface area contributed by atoms with Gasteiger partial charge in [-0.25, -0.2) is 4.98 Å². The van der Waals surface area contributed by atoms with Crippen molar-refractivity contribution < 1.29 is 9.53 Å². The maximum Gasteiger partial charge on any atom is 0.270 e. The number of anilines is 2. The van der Waals surface area contributed by atoms with E-state index in [1.54, 1.807) is 12.3 Å². The summed E-state index contributed by atoms with van der Waals surface area (Å²) in [5.74, 6) is 1.46. The molecule has 2 aromatic carbocycles. The minimum atomic E-state index is -0.110. The van der Waals surface area contributed by atoms with Crippen LogP contribution in [0, 0.1) is 0 Å². The Bertz CT molecular complexity index is 873. The summed E-state index contributed by atoms with van der Waals surface area (Å²) in [6.07, 6.45) is 3.79. The second-order valence-electron chi connectivity index (χ2n) is 6.24. The first-order valence-corrected chi connectivity index (χ1v) is 8.63. The number of benzene rings is 2. The number of amides is 1. The van der Waals surface area contributed by atoms with Crippen LogP contribution >= 0.6 is 0 Å². The van der Waals surface area contributed by atoms with Crippen LogP contribution in [0.25, 0.3) is 0 Å². The number of rotatable bonds is 6. The van der Waals surface area contributed by atoms with Gasteiger partial charge in [0.15, 0.2) is 0 Å². The molecule has 0 spiro atoms. The highest BCUT2D eigenvalue weighted by atomic mass is 16.5. The summed E-state index contributed by atoms with van der Waals surface area (Å²) in [6, 6.07) is 21.2. The third kappa shape index (κ3) is 4.19. The molecule has 0 aliphatic heterocycles. The SMILES string of the molecule is O=C(NC1CC1)c1ccc(Nc2ccc(Oc3ccccc3)cc2)cn1. The summed E-state index contributed by atoms with van der Waals surface area (Å²) in [4.78, 5) is 16.2. The molecule has 0 radical (unpaired) electrons. The van der Waals surface area contributed by atoms with Gasteiger partial charge in [-0.05, 0) is 61.4 Å². The predicted molar refractivity (Wildman–Crippen MR) is 101 cm³/mol. The zero-order valence-electron chi connectivity index (χ0n) is 14.2. The van der Waals surface area contributed by atoms with Crippen molar-refractivity contribution in [1.82, 2.24) is 10.3 Å². The smallest absolute Gasteiger partial charge is 0.270 e. The van der Waals surface area contributed by atoms with Gasteiger partial charge in [-0.3, -0.25) is 4.79 Å². The van der Waals surface area contributed by atoms with E-state index in [9.17, 15) is 4.79 Å². The maximum atomic E-state index is 11.9. The molecule has 1 aliphatic rings. The normalized spacial score (nSPS) is 13.1.